The molecule has 2 fully saturated rings. The molecule has 6 nitrogen and oxygen atoms in total. The van der Waals surface area contributed by atoms with Crippen LogP contribution in [0, 0.1) is 5.41 Å². The third-order valence-corrected chi connectivity index (χ3v) is 7.07. The highest BCUT2D eigenvalue weighted by Crippen LogP contribution is 2.47. The molecule has 1 amide bonds. The zero-order chi connectivity index (χ0) is 18.6. The maximum atomic E-state index is 12.5. The summed E-state index contributed by atoms with van der Waals surface area (Å²) in [6, 6.07) is 9.31. The predicted molar refractivity (Wildman–Crippen MR) is 100.0 cm³/mol. The van der Waals surface area contributed by atoms with E-state index in [4.69, 9.17) is 4.74 Å². The second kappa shape index (κ2) is 8.06. The molecule has 0 spiro atoms. The van der Waals surface area contributed by atoms with E-state index in [0.717, 1.165) is 31.2 Å². The Balaban J connectivity index is 1.68. The summed E-state index contributed by atoms with van der Waals surface area (Å²) < 4.78 is 33.1. The fourth-order valence-electron chi connectivity index (χ4n) is 4.43. The van der Waals surface area contributed by atoms with Gasteiger partial charge in [-0.1, -0.05) is 36.8 Å². The Labute approximate surface area is 156 Å². The first kappa shape index (κ1) is 19.3. The molecule has 3 rings (SSSR count). The molecule has 1 aliphatic carbocycles. The van der Waals surface area contributed by atoms with E-state index in [1.54, 1.807) is 7.11 Å². The van der Waals surface area contributed by atoms with Crippen molar-refractivity contribution < 1.29 is 17.9 Å². The van der Waals surface area contributed by atoms with Gasteiger partial charge < -0.3 is 9.64 Å². The highest BCUT2D eigenvalue weighted by Gasteiger charge is 2.50. The number of nitrogens with zero attached hydrogens (tertiary/aromatic N) is 1. The fourth-order valence-corrected chi connectivity index (χ4v) is 5.68. The van der Waals surface area contributed by atoms with Gasteiger partial charge in [0.25, 0.3) is 0 Å². The molecule has 26 heavy (non-hydrogen) atoms. The smallest absolute Gasteiger partial charge is 0.222 e. The lowest BCUT2D eigenvalue weighted by molar-refractivity contribution is -0.142. The van der Waals surface area contributed by atoms with Crippen LogP contribution in [0.4, 0.5) is 0 Å². The Morgan fingerprint density at radius 3 is 2.77 bits per heavy atom. The summed E-state index contributed by atoms with van der Waals surface area (Å²) in [6.07, 6.45) is 4.18. The first-order valence-electron chi connectivity index (χ1n) is 9.25. The minimum atomic E-state index is -3.40. The Hall–Kier alpha value is -1.44. The van der Waals surface area contributed by atoms with Gasteiger partial charge in [-0.3, -0.25) is 4.79 Å². The second-order valence-corrected chi connectivity index (χ2v) is 9.22. The number of fused-ring (bicyclic) bond motifs is 1. The molecule has 1 saturated heterocycles. The van der Waals surface area contributed by atoms with Crippen LogP contribution in [0.5, 0.6) is 0 Å². The van der Waals surface area contributed by atoms with Crippen LogP contribution in [0.3, 0.4) is 0 Å². The number of hydrogen-bond donors (Lipinski definition) is 1. The molecule has 1 aliphatic heterocycles. The van der Waals surface area contributed by atoms with Gasteiger partial charge in [-0.25, -0.2) is 13.1 Å². The normalized spacial score (nSPS) is 26.1. The van der Waals surface area contributed by atoms with E-state index in [2.05, 4.69) is 4.72 Å². The molecule has 0 unspecified atom stereocenters. The van der Waals surface area contributed by atoms with E-state index >= 15 is 0 Å². The number of rotatable bonds is 8. The quantitative estimate of drug-likeness (QED) is 0.748. The number of likely N-dealkylation sites (tertiary alicyclic amines) is 1. The minimum absolute atomic E-state index is 0.0130. The van der Waals surface area contributed by atoms with Crippen molar-refractivity contribution in [1.29, 1.82) is 0 Å². The monoisotopic (exact) mass is 380 g/mol. The van der Waals surface area contributed by atoms with E-state index in [-0.39, 0.29) is 23.1 Å². The molecule has 2 atom stereocenters. The molecule has 1 N–H and O–H groups in total. The van der Waals surface area contributed by atoms with Gasteiger partial charge in [0.2, 0.25) is 15.9 Å². The van der Waals surface area contributed by atoms with Crippen molar-refractivity contribution in [3.05, 3.63) is 35.9 Å². The summed E-state index contributed by atoms with van der Waals surface area (Å²) >= 11 is 0. The Bertz CT molecular complexity index is 722. The Kier molecular flexibility index (Phi) is 5.99. The van der Waals surface area contributed by atoms with Gasteiger partial charge in [0.05, 0.1) is 12.4 Å². The van der Waals surface area contributed by atoms with Crippen LogP contribution in [0.25, 0.3) is 0 Å². The molecule has 1 aromatic carbocycles. The SMILES string of the molecule is COCCN1C(=O)CC[C@]2(CNS(=O)(=O)Cc3ccccc3)CCC[C@@H]12. The first-order valence-corrected chi connectivity index (χ1v) is 10.9. The van der Waals surface area contributed by atoms with Crippen LogP contribution in [0.1, 0.15) is 37.7 Å². The summed E-state index contributed by atoms with van der Waals surface area (Å²) in [5.41, 5.74) is 0.631. The number of ether oxygens (including phenoxy) is 1. The molecule has 1 saturated carbocycles. The summed E-state index contributed by atoms with van der Waals surface area (Å²) in [5, 5.41) is 0. The predicted octanol–water partition coefficient (Wildman–Crippen LogP) is 1.91. The molecule has 0 aromatic heterocycles. The molecular formula is C19H28N2O4S. The molecule has 7 heteroatoms. The Morgan fingerprint density at radius 1 is 1.27 bits per heavy atom. The first-order chi connectivity index (χ1) is 12.5. The van der Waals surface area contributed by atoms with Crippen molar-refractivity contribution >= 4 is 15.9 Å². The third-order valence-electron chi connectivity index (χ3n) is 5.77. The number of carbonyl (C=O) groups is 1. The lowest BCUT2D eigenvalue weighted by atomic mass is 9.74. The van der Waals surface area contributed by atoms with E-state index in [1.165, 1.54) is 0 Å². The molecule has 2 aliphatic rings. The van der Waals surface area contributed by atoms with Crippen LogP contribution in [-0.2, 0) is 25.3 Å². The van der Waals surface area contributed by atoms with Gasteiger partial charge in [0.15, 0.2) is 0 Å². The van der Waals surface area contributed by atoms with Crippen LogP contribution in [0.15, 0.2) is 30.3 Å². The fraction of sp³-hybridized carbons (Fsp3) is 0.632. The molecular weight excluding hydrogens is 352 g/mol. The van der Waals surface area contributed by atoms with E-state index < -0.39 is 10.0 Å². The number of sulfonamides is 1. The van der Waals surface area contributed by atoms with Crippen LogP contribution < -0.4 is 4.72 Å². The number of benzene rings is 1. The molecule has 1 heterocycles. The zero-order valence-corrected chi connectivity index (χ0v) is 16.1. The van der Waals surface area contributed by atoms with Gasteiger partial charge >= 0.3 is 0 Å². The summed E-state index contributed by atoms with van der Waals surface area (Å²) in [5.74, 6) is 0.151. The van der Waals surface area contributed by atoms with Crippen molar-refractivity contribution in [2.45, 2.75) is 43.9 Å². The van der Waals surface area contributed by atoms with Crippen molar-refractivity contribution in [3.63, 3.8) is 0 Å². The largest absolute Gasteiger partial charge is 0.383 e. The van der Waals surface area contributed by atoms with Crippen LogP contribution >= 0.6 is 0 Å². The van der Waals surface area contributed by atoms with Gasteiger partial charge in [-0.05, 0) is 24.8 Å². The van der Waals surface area contributed by atoms with E-state index in [9.17, 15) is 13.2 Å². The zero-order valence-electron chi connectivity index (χ0n) is 15.3. The number of nitrogens with one attached hydrogen (secondary N) is 1. The topological polar surface area (TPSA) is 75.7 Å². The number of carbonyl (C=O) groups excluding carboxylic acids is 1. The summed E-state index contributed by atoms with van der Waals surface area (Å²) in [6.45, 7) is 1.50. The number of amides is 1. The summed E-state index contributed by atoms with van der Waals surface area (Å²) in [4.78, 5) is 14.3. The van der Waals surface area contributed by atoms with Crippen molar-refractivity contribution in [2.24, 2.45) is 5.41 Å². The lowest BCUT2D eigenvalue weighted by Gasteiger charge is -2.46. The van der Waals surface area contributed by atoms with Gasteiger partial charge in [-0.2, -0.15) is 0 Å². The molecule has 0 bridgehead atoms. The molecule has 144 valence electrons. The Morgan fingerprint density at radius 2 is 2.04 bits per heavy atom. The number of hydrogen-bond acceptors (Lipinski definition) is 4. The standard InChI is InChI=1S/C19H28N2O4S/c1-25-13-12-21-17-8-5-10-19(17,11-9-18(21)22)15-20-26(23,24)14-16-6-3-2-4-7-16/h2-4,6-7,17,20H,5,8-15H2,1H3/t17-,19+/m1/s1. The van der Waals surface area contributed by atoms with Gasteiger partial charge in [0, 0.05) is 38.1 Å². The third kappa shape index (κ3) is 4.27. The van der Waals surface area contributed by atoms with Crippen molar-refractivity contribution in [1.82, 2.24) is 9.62 Å². The van der Waals surface area contributed by atoms with E-state index in [0.29, 0.717) is 26.1 Å². The molecule has 1 aromatic rings. The minimum Gasteiger partial charge on any atom is -0.383 e. The van der Waals surface area contributed by atoms with E-state index in [1.807, 2.05) is 35.2 Å². The van der Waals surface area contributed by atoms with Crippen molar-refractivity contribution in [3.8, 4) is 0 Å². The highest BCUT2D eigenvalue weighted by molar-refractivity contribution is 7.88. The number of piperidine rings is 1. The van der Waals surface area contributed by atoms with Gasteiger partial charge in [-0.15, -0.1) is 0 Å². The number of methoxy groups -OCH3 is 1. The lowest BCUT2D eigenvalue weighted by Crippen LogP contribution is -2.56. The second-order valence-electron chi connectivity index (χ2n) is 7.42. The summed E-state index contributed by atoms with van der Waals surface area (Å²) in [7, 11) is -1.77. The highest BCUT2D eigenvalue weighted by atomic mass is 32.2. The van der Waals surface area contributed by atoms with Gasteiger partial charge in [0.1, 0.15) is 0 Å². The van der Waals surface area contributed by atoms with Crippen LogP contribution in [0.2, 0.25) is 0 Å². The van der Waals surface area contributed by atoms with Crippen LogP contribution in [-0.4, -0.2) is 52.1 Å². The molecule has 0 radical (unpaired) electrons. The average molecular weight is 381 g/mol. The maximum Gasteiger partial charge on any atom is 0.222 e. The average Bonchev–Trinajstić information content (AvgIpc) is 3.05. The maximum absolute atomic E-state index is 12.5. The van der Waals surface area contributed by atoms with Crippen molar-refractivity contribution in [2.75, 3.05) is 26.8 Å².